The Morgan fingerprint density at radius 3 is 2.77 bits per heavy atom. The van der Waals surface area contributed by atoms with Crippen LogP contribution < -0.4 is 5.32 Å². The van der Waals surface area contributed by atoms with E-state index in [0.29, 0.717) is 43.1 Å². The Morgan fingerprint density at radius 1 is 1.37 bits per heavy atom. The van der Waals surface area contributed by atoms with Gasteiger partial charge in [-0.2, -0.15) is 18.3 Å². The fourth-order valence-corrected chi connectivity index (χ4v) is 4.14. The van der Waals surface area contributed by atoms with Gasteiger partial charge in [0.1, 0.15) is 5.82 Å². The molecule has 2 aliphatic heterocycles. The van der Waals surface area contributed by atoms with Crippen molar-refractivity contribution in [1.82, 2.24) is 19.8 Å². The van der Waals surface area contributed by atoms with Crippen molar-refractivity contribution in [3.63, 3.8) is 0 Å². The molecule has 0 bridgehead atoms. The van der Waals surface area contributed by atoms with E-state index in [1.165, 1.54) is 0 Å². The van der Waals surface area contributed by atoms with Crippen molar-refractivity contribution >= 4 is 11.7 Å². The first kappa shape index (κ1) is 20.7. The van der Waals surface area contributed by atoms with Gasteiger partial charge in [0.2, 0.25) is 5.76 Å². The third kappa shape index (κ3) is 3.79. The molecule has 0 spiro atoms. The molecule has 1 amide bonds. The molecule has 10 heteroatoms. The highest BCUT2D eigenvalue weighted by atomic mass is 19.4. The van der Waals surface area contributed by atoms with Crippen molar-refractivity contribution in [3.8, 4) is 0 Å². The molecule has 1 fully saturated rings. The highest BCUT2D eigenvalue weighted by Gasteiger charge is 2.46. The number of carbonyl (C=O) groups excluding carboxylic acids is 1. The first-order valence-corrected chi connectivity index (χ1v) is 10.4. The fraction of sp³-hybridized carbons (Fsp3) is 0.650. The molecule has 2 aliphatic rings. The predicted molar refractivity (Wildman–Crippen MR) is 103 cm³/mol. The minimum absolute atomic E-state index is 0.0346. The van der Waals surface area contributed by atoms with Crippen molar-refractivity contribution in [2.24, 2.45) is 0 Å². The van der Waals surface area contributed by atoms with Crippen molar-refractivity contribution in [3.05, 3.63) is 29.3 Å². The number of anilines is 1. The Morgan fingerprint density at radius 2 is 2.13 bits per heavy atom. The van der Waals surface area contributed by atoms with Gasteiger partial charge in [-0.15, -0.1) is 0 Å². The Hall–Kier alpha value is -2.52. The smallest absolute Gasteiger partial charge is 0.367 e. The second kappa shape index (κ2) is 7.63. The molecule has 4 rings (SSSR count). The molecule has 3 atom stereocenters. The maximum Gasteiger partial charge on any atom is 0.410 e. The van der Waals surface area contributed by atoms with Crippen LogP contribution in [-0.4, -0.2) is 51.1 Å². The van der Waals surface area contributed by atoms with E-state index in [4.69, 9.17) is 4.52 Å². The molecule has 0 aromatic carbocycles. The SMILES string of the molecule is CC[C@@H]1C[C@H](C(F)(F)F)n2nc([C@H]3CCN(C(=O)c4cc(C(C)C)no4)C3)cc2N1. The van der Waals surface area contributed by atoms with E-state index in [1.54, 1.807) is 17.0 Å². The number of hydrogen-bond donors (Lipinski definition) is 1. The Balaban J connectivity index is 1.51. The lowest BCUT2D eigenvalue weighted by Gasteiger charge is -2.32. The summed E-state index contributed by atoms with van der Waals surface area (Å²) >= 11 is 0. The van der Waals surface area contributed by atoms with Gasteiger partial charge in [0.15, 0.2) is 6.04 Å². The van der Waals surface area contributed by atoms with Crippen LogP contribution in [0.2, 0.25) is 0 Å². The van der Waals surface area contributed by atoms with Crippen LogP contribution in [0.5, 0.6) is 0 Å². The van der Waals surface area contributed by atoms with Gasteiger partial charge in [0, 0.05) is 37.2 Å². The fourth-order valence-electron chi connectivity index (χ4n) is 4.14. The maximum absolute atomic E-state index is 13.6. The van der Waals surface area contributed by atoms with Gasteiger partial charge in [0.25, 0.3) is 5.91 Å². The summed E-state index contributed by atoms with van der Waals surface area (Å²) < 4.78 is 47.0. The molecule has 0 aliphatic carbocycles. The Labute approximate surface area is 172 Å². The molecule has 0 radical (unpaired) electrons. The van der Waals surface area contributed by atoms with E-state index < -0.39 is 12.2 Å². The molecule has 7 nitrogen and oxygen atoms in total. The topological polar surface area (TPSA) is 76.2 Å². The first-order chi connectivity index (χ1) is 14.2. The number of carbonyl (C=O) groups is 1. The second-order valence-corrected chi connectivity index (χ2v) is 8.45. The van der Waals surface area contributed by atoms with E-state index in [0.717, 1.165) is 4.68 Å². The molecular weight excluding hydrogens is 399 g/mol. The number of alkyl halides is 3. The number of fused-ring (bicyclic) bond motifs is 1. The number of halogens is 3. The van der Waals surface area contributed by atoms with Crippen molar-refractivity contribution < 1.29 is 22.5 Å². The summed E-state index contributed by atoms with van der Waals surface area (Å²) in [7, 11) is 0. The number of nitrogens with one attached hydrogen (secondary N) is 1. The average molecular weight is 425 g/mol. The summed E-state index contributed by atoms with van der Waals surface area (Å²) in [4.78, 5) is 14.4. The van der Waals surface area contributed by atoms with E-state index in [1.807, 2.05) is 20.8 Å². The third-order valence-corrected chi connectivity index (χ3v) is 6.00. The molecule has 4 heterocycles. The highest BCUT2D eigenvalue weighted by Crippen LogP contribution is 2.41. The predicted octanol–water partition coefficient (Wildman–Crippen LogP) is 4.32. The lowest BCUT2D eigenvalue weighted by Crippen LogP contribution is -2.38. The van der Waals surface area contributed by atoms with Crippen LogP contribution in [0.4, 0.5) is 19.0 Å². The first-order valence-electron chi connectivity index (χ1n) is 10.4. The number of likely N-dealkylation sites (tertiary alicyclic amines) is 1. The summed E-state index contributed by atoms with van der Waals surface area (Å²) in [5.74, 6) is 0.369. The average Bonchev–Trinajstić information content (AvgIpc) is 3.44. The lowest BCUT2D eigenvalue weighted by molar-refractivity contribution is -0.173. The summed E-state index contributed by atoms with van der Waals surface area (Å²) in [5, 5.41) is 11.4. The minimum atomic E-state index is -4.36. The standard InChI is InChI=1S/C20H26F3N5O2/c1-4-13-7-17(20(21,22)23)28-18(24-13)9-15(25-28)12-5-6-27(10-12)19(29)16-8-14(11(2)3)26-30-16/h8-9,11-13,17,24H,4-7,10H2,1-3H3/t12-,13+,17+/m0/s1. The molecule has 2 aromatic rings. The van der Waals surface area contributed by atoms with Crippen LogP contribution in [0.1, 0.15) is 79.9 Å². The normalized spacial score (nSPS) is 24.2. The Kier molecular flexibility index (Phi) is 5.27. The molecule has 1 saturated heterocycles. The zero-order valence-electron chi connectivity index (χ0n) is 17.2. The lowest BCUT2D eigenvalue weighted by atomic mass is 10.0. The molecular formula is C20H26F3N5O2. The van der Waals surface area contributed by atoms with Gasteiger partial charge in [-0.25, -0.2) is 4.68 Å². The Bertz CT molecular complexity index is 920. The number of hydrogen-bond acceptors (Lipinski definition) is 5. The van der Waals surface area contributed by atoms with E-state index in [2.05, 4.69) is 15.6 Å². The van der Waals surface area contributed by atoms with Crippen LogP contribution >= 0.6 is 0 Å². The largest absolute Gasteiger partial charge is 0.410 e. The van der Waals surface area contributed by atoms with Gasteiger partial charge >= 0.3 is 6.18 Å². The van der Waals surface area contributed by atoms with Gasteiger partial charge in [-0.1, -0.05) is 25.9 Å². The van der Waals surface area contributed by atoms with Crippen molar-refractivity contribution in [2.75, 3.05) is 18.4 Å². The van der Waals surface area contributed by atoms with Crippen molar-refractivity contribution in [2.45, 2.75) is 70.1 Å². The van der Waals surface area contributed by atoms with Crippen LogP contribution in [0.25, 0.3) is 0 Å². The van der Waals surface area contributed by atoms with Crippen LogP contribution in [-0.2, 0) is 0 Å². The monoisotopic (exact) mass is 425 g/mol. The van der Waals surface area contributed by atoms with E-state index in [-0.39, 0.29) is 36.0 Å². The molecule has 1 N–H and O–H groups in total. The molecule has 30 heavy (non-hydrogen) atoms. The quantitative estimate of drug-likeness (QED) is 0.790. The molecule has 164 valence electrons. The van der Waals surface area contributed by atoms with Gasteiger partial charge in [0.05, 0.1) is 11.4 Å². The van der Waals surface area contributed by atoms with Gasteiger partial charge in [-0.3, -0.25) is 4.79 Å². The zero-order valence-corrected chi connectivity index (χ0v) is 17.2. The van der Waals surface area contributed by atoms with Crippen LogP contribution in [0.3, 0.4) is 0 Å². The number of rotatable bonds is 4. The van der Waals surface area contributed by atoms with Crippen molar-refractivity contribution in [1.29, 1.82) is 0 Å². The second-order valence-electron chi connectivity index (χ2n) is 8.45. The van der Waals surface area contributed by atoms with Crippen LogP contribution in [0.15, 0.2) is 16.7 Å². The maximum atomic E-state index is 13.6. The highest BCUT2D eigenvalue weighted by molar-refractivity contribution is 5.91. The van der Waals surface area contributed by atoms with Crippen LogP contribution in [0, 0.1) is 0 Å². The molecule has 2 aromatic heterocycles. The molecule has 0 saturated carbocycles. The summed E-state index contributed by atoms with van der Waals surface area (Å²) in [6.07, 6.45) is -3.14. The van der Waals surface area contributed by atoms with Gasteiger partial charge < -0.3 is 14.7 Å². The number of nitrogens with zero attached hydrogens (tertiary/aromatic N) is 4. The minimum Gasteiger partial charge on any atom is -0.367 e. The summed E-state index contributed by atoms with van der Waals surface area (Å²) in [5.41, 5.74) is 1.30. The third-order valence-electron chi connectivity index (χ3n) is 6.00. The summed E-state index contributed by atoms with van der Waals surface area (Å²) in [6.45, 7) is 6.68. The summed E-state index contributed by atoms with van der Waals surface area (Å²) in [6, 6.07) is 1.48. The van der Waals surface area contributed by atoms with E-state index in [9.17, 15) is 18.0 Å². The van der Waals surface area contributed by atoms with E-state index >= 15 is 0 Å². The number of amides is 1. The zero-order chi connectivity index (χ0) is 21.6. The number of aromatic nitrogens is 3. The van der Waals surface area contributed by atoms with Gasteiger partial charge in [-0.05, 0) is 25.2 Å². The molecule has 0 unspecified atom stereocenters.